The molecule has 2 aliphatic rings. The Labute approximate surface area is 88.5 Å². The molecule has 2 fully saturated rings. The quantitative estimate of drug-likeness (QED) is 0.500. The predicted octanol–water partition coefficient (Wildman–Crippen LogP) is -1.93. The lowest BCUT2D eigenvalue weighted by molar-refractivity contribution is -0.129. The van der Waals surface area contributed by atoms with Crippen LogP contribution in [0.25, 0.3) is 0 Å². The van der Waals surface area contributed by atoms with Crippen LogP contribution in [-0.2, 0) is 9.53 Å². The van der Waals surface area contributed by atoms with Crippen molar-refractivity contribution in [3.63, 3.8) is 0 Å². The van der Waals surface area contributed by atoms with Crippen molar-refractivity contribution in [1.82, 2.24) is 15.8 Å². The maximum atomic E-state index is 11.7. The number of carbonyl (C=O) groups excluding carboxylic acids is 1. The number of aliphatic hydroxyl groups excluding tert-OH is 1. The molecule has 15 heavy (non-hydrogen) atoms. The summed E-state index contributed by atoms with van der Waals surface area (Å²) in [6, 6.07) is -0.261. The molecule has 0 aromatic heterocycles. The molecular weight excluding hydrogens is 198 g/mol. The van der Waals surface area contributed by atoms with Gasteiger partial charge in [-0.1, -0.05) is 0 Å². The van der Waals surface area contributed by atoms with Gasteiger partial charge in [-0.3, -0.25) is 10.2 Å². The van der Waals surface area contributed by atoms with Gasteiger partial charge in [0.15, 0.2) is 0 Å². The summed E-state index contributed by atoms with van der Waals surface area (Å²) in [7, 11) is 0. The van der Waals surface area contributed by atoms with E-state index in [-0.39, 0.29) is 11.9 Å². The summed E-state index contributed by atoms with van der Waals surface area (Å²) in [5, 5.41) is 14.1. The smallest absolute Gasteiger partial charge is 0.251 e. The fraction of sp³-hybridized carbons (Fsp3) is 0.889. The molecule has 2 saturated heterocycles. The van der Waals surface area contributed by atoms with E-state index in [1.807, 2.05) is 5.01 Å². The molecule has 2 aliphatic heterocycles. The Morgan fingerprint density at radius 3 is 2.80 bits per heavy atom. The molecule has 1 amide bonds. The molecule has 2 heterocycles. The highest BCUT2D eigenvalue weighted by Crippen LogP contribution is 2.06. The SMILES string of the molecule is O=C(NN1CCOCC1)C1CC(O)CN1. The molecule has 0 saturated carbocycles. The molecule has 2 unspecified atom stereocenters. The number of aliphatic hydroxyl groups is 1. The Balaban J connectivity index is 1.76. The van der Waals surface area contributed by atoms with Gasteiger partial charge in [-0.2, -0.15) is 0 Å². The van der Waals surface area contributed by atoms with Crippen molar-refractivity contribution in [2.75, 3.05) is 32.8 Å². The molecule has 2 rings (SSSR count). The number of hydrogen-bond acceptors (Lipinski definition) is 5. The summed E-state index contributed by atoms with van der Waals surface area (Å²) in [5.41, 5.74) is 2.82. The Bertz CT molecular complexity index is 231. The fourth-order valence-electron chi connectivity index (χ4n) is 1.83. The van der Waals surface area contributed by atoms with E-state index in [9.17, 15) is 9.90 Å². The van der Waals surface area contributed by atoms with Crippen LogP contribution < -0.4 is 10.7 Å². The zero-order valence-electron chi connectivity index (χ0n) is 8.61. The average molecular weight is 215 g/mol. The lowest BCUT2D eigenvalue weighted by atomic mass is 10.2. The first kappa shape index (κ1) is 10.8. The van der Waals surface area contributed by atoms with Crippen LogP contribution >= 0.6 is 0 Å². The van der Waals surface area contributed by atoms with Crippen molar-refractivity contribution in [2.24, 2.45) is 0 Å². The van der Waals surface area contributed by atoms with Gasteiger partial charge < -0.3 is 15.2 Å². The number of morpholine rings is 1. The second-order valence-corrected chi connectivity index (χ2v) is 3.93. The van der Waals surface area contributed by atoms with E-state index >= 15 is 0 Å². The van der Waals surface area contributed by atoms with Crippen LogP contribution in [0.4, 0.5) is 0 Å². The number of β-amino-alcohol motifs (C(OH)–C–C–N with tert-alkyl or cyclic N) is 1. The highest BCUT2D eigenvalue weighted by atomic mass is 16.5. The molecular formula is C9H17N3O3. The summed E-state index contributed by atoms with van der Waals surface area (Å²) in [5.74, 6) is -0.0616. The normalized spacial score (nSPS) is 32.9. The van der Waals surface area contributed by atoms with E-state index in [2.05, 4.69) is 10.7 Å². The first-order valence-corrected chi connectivity index (χ1v) is 5.30. The Hall–Kier alpha value is -0.690. The largest absolute Gasteiger partial charge is 0.392 e. The first-order valence-electron chi connectivity index (χ1n) is 5.30. The molecule has 3 N–H and O–H groups in total. The van der Waals surface area contributed by atoms with E-state index in [4.69, 9.17) is 4.74 Å². The van der Waals surface area contributed by atoms with E-state index in [1.54, 1.807) is 0 Å². The minimum Gasteiger partial charge on any atom is -0.392 e. The Morgan fingerprint density at radius 1 is 1.47 bits per heavy atom. The Kier molecular flexibility index (Phi) is 3.53. The van der Waals surface area contributed by atoms with E-state index in [0.29, 0.717) is 26.2 Å². The second-order valence-electron chi connectivity index (χ2n) is 3.93. The zero-order valence-corrected chi connectivity index (χ0v) is 8.61. The van der Waals surface area contributed by atoms with Gasteiger partial charge in [0, 0.05) is 19.6 Å². The number of nitrogens with zero attached hydrogens (tertiary/aromatic N) is 1. The lowest BCUT2D eigenvalue weighted by Gasteiger charge is -2.28. The van der Waals surface area contributed by atoms with Gasteiger partial charge in [-0.15, -0.1) is 0 Å². The topological polar surface area (TPSA) is 73.8 Å². The lowest BCUT2D eigenvalue weighted by Crippen LogP contribution is -2.53. The van der Waals surface area contributed by atoms with Crippen molar-refractivity contribution in [2.45, 2.75) is 18.6 Å². The minimum atomic E-state index is -0.398. The number of amides is 1. The van der Waals surface area contributed by atoms with Crippen LogP contribution in [0.2, 0.25) is 0 Å². The van der Waals surface area contributed by atoms with E-state index < -0.39 is 6.10 Å². The molecule has 0 aliphatic carbocycles. The maximum Gasteiger partial charge on any atom is 0.251 e. The number of hydrogen-bond donors (Lipinski definition) is 3. The van der Waals surface area contributed by atoms with Gasteiger partial charge in [0.1, 0.15) is 0 Å². The Morgan fingerprint density at radius 2 is 2.20 bits per heavy atom. The van der Waals surface area contributed by atoms with Gasteiger partial charge in [0.25, 0.3) is 5.91 Å². The molecule has 0 bridgehead atoms. The fourth-order valence-corrected chi connectivity index (χ4v) is 1.83. The van der Waals surface area contributed by atoms with Crippen LogP contribution in [0.1, 0.15) is 6.42 Å². The molecule has 86 valence electrons. The van der Waals surface area contributed by atoms with Gasteiger partial charge in [-0.05, 0) is 6.42 Å². The van der Waals surface area contributed by atoms with Crippen LogP contribution in [0.3, 0.4) is 0 Å². The van der Waals surface area contributed by atoms with Crippen molar-refractivity contribution < 1.29 is 14.6 Å². The van der Waals surface area contributed by atoms with Gasteiger partial charge >= 0.3 is 0 Å². The summed E-state index contributed by atoms with van der Waals surface area (Å²) in [6.45, 7) is 3.26. The number of rotatable bonds is 2. The summed E-state index contributed by atoms with van der Waals surface area (Å²) < 4.78 is 5.18. The van der Waals surface area contributed by atoms with Gasteiger partial charge in [0.2, 0.25) is 0 Å². The van der Waals surface area contributed by atoms with E-state index in [1.165, 1.54) is 0 Å². The summed E-state index contributed by atoms with van der Waals surface area (Å²) in [6.07, 6.45) is 0.0985. The molecule has 6 heteroatoms. The summed E-state index contributed by atoms with van der Waals surface area (Å²) >= 11 is 0. The summed E-state index contributed by atoms with van der Waals surface area (Å²) in [4.78, 5) is 11.7. The standard InChI is InChI=1S/C9H17N3O3/c13-7-5-8(10-6-7)9(14)11-12-1-3-15-4-2-12/h7-8,10,13H,1-6H2,(H,11,14). The number of carbonyl (C=O) groups is 1. The van der Waals surface area contributed by atoms with Crippen molar-refractivity contribution >= 4 is 5.91 Å². The van der Waals surface area contributed by atoms with Gasteiger partial charge in [-0.25, -0.2) is 5.01 Å². The van der Waals surface area contributed by atoms with Crippen LogP contribution in [0, 0.1) is 0 Å². The minimum absolute atomic E-state index is 0.0616. The highest BCUT2D eigenvalue weighted by molar-refractivity contribution is 5.81. The molecule has 0 aromatic carbocycles. The van der Waals surface area contributed by atoms with Gasteiger partial charge in [0.05, 0.1) is 25.4 Å². The number of ether oxygens (including phenoxy) is 1. The number of nitrogens with one attached hydrogen (secondary N) is 2. The zero-order chi connectivity index (χ0) is 10.7. The van der Waals surface area contributed by atoms with Crippen LogP contribution in [-0.4, -0.2) is 61.0 Å². The third-order valence-corrected chi connectivity index (χ3v) is 2.70. The average Bonchev–Trinajstić information content (AvgIpc) is 2.66. The van der Waals surface area contributed by atoms with Crippen LogP contribution in [0.15, 0.2) is 0 Å². The monoisotopic (exact) mass is 215 g/mol. The number of hydrazine groups is 1. The molecule has 0 aromatic rings. The van der Waals surface area contributed by atoms with E-state index in [0.717, 1.165) is 13.1 Å². The predicted molar refractivity (Wildman–Crippen MR) is 52.9 cm³/mol. The molecule has 0 spiro atoms. The van der Waals surface area contributed by atoms with Crippen molar-refractivity contribution in [1.29, 1.82) is 0 Å². The second kappa shape index (κ2) is 4.89. The highest BCUT2D eigenvalue weighted by Gasteiger charge is 2.29. The molecule has 6 nitrogen and oxygen atoms in total. The maximum absolute atomic E-state index is 11.7. The molecule has 0 radical (unpaired) electrons. The van der Waals surface area contributed by atoms with Crippen molar-refractivity contribution in [3.05, 3.63) is 0 Å². The molecule has 2 atom stereocenters. The van der Waals surface area contributed by atoms with Crippen LogP contribution in [0.5, 0.6) is 0 Å². The third kappa shape index (κ3) is 2.88. The van der Waals surface area contributed by atoms with Crippen molar-refractivity contribution in [3.8, 4) is 0 Å². The third-order valence-electron chi connectivity index (χ3n) is 2.70. The first-order chi connectivity index (χ1) is 7.25.